The van der Waals surface area contributed by atoms with E-state index in [9.17, 15) is 0 Å². The minimum atomic E-state index is 0. The minimum Gasteiger partial charge on any atom is -0.226 e. The Balaban J connectivity index is 0.000000810. The number of hydrogen-bond acceptors (Lipinski definition) is 2. The van der Waals surface area contributed by atoms with E-state index in [0.29, 0.717) is 5.28 Å². The van der Waals surface area contributed by atoms with Gasteiger partial charge in [-0.25, -0.2) is 9.97 Å². The molecule has 1 heterocycles. The molecule has 0 saturated carbocycles. The van der Waals surface area contributed by atoms with Gasteiger partial charge in [0, 0.05) is 12.4 Å². The molecular formula is C6H8Cl2N2. The van der Waals surface area contributed by atoms with E-state index in [1.165, 1.54) is 0 Å². The second kappa shape index (κ2) is 4.47. The Labute approximate surface area is 71.1 Å². The first-order valence-electron chi connectivity index (χ1n) is 2.79. The van der Waals surface area contributed by atoms with Crippen molar-refractivity contribution in [1.29, 1.82) is 0 Å². The van der Waals surface area contributed by atoms with E-state index in [2.05, 4.69) is 9.97 Å². The van der Waals surface area contributed by atoms with Crippen LogP contribution in [0.15, 0.2) is 12.4 Å². The van der Waals surface area contributed by atoms with Gasteiger partial charge < -0.3 is 0 Å². The van der Waals surface area contributed by atoms with E-state index < -0.39 is 0 Å². The summed E-state index contributed by atoms with van der Waals surface area (Å²) < 4.78 is 0. The molecule has 56 valence electrons. The lowest BCUT2D eigenvalue weighted by atomic mass is 10.3. The van der Waals surface area contributed by atoms with Gasteiger partial charge >= 0.3 is 0 Å². The monoisotopic (exact) mass is 178 g/mol. The Kier molecular flexibility index (Phi) is 4.32. The molecule has 1 aromatic rings. The van der Waals surface area contributed by atoms with Crippen LogP contribution >= 0.6 is 24.0 Å². The molecule has 0 saturated heterocycles. The molecular weight excluding hydrogens is 171 g/mol. The molecule has 0 spiro atoms. The Morgan fingerprint density at radius 1 is 1.40 bits per heavy atom. The number of halogens is 2. The smallest absolute Gasteiger partial charge is 0.222 e. The zero-order chi connectivity index (χ0) is 6.69. The van der Waals surface area contributed by atoms with E-state index in [0.717, 1.165) is 12.0 Å². The van der Waals surface area contributed by atoms with Crippen molar-refractivity contribution in [1.82, 2.24) is 9.97 Å². The highest BCUT2D eigenvalue weighted by molar-refractivity contribution is 6.28. The van der Waals surface area contributed by atoms with Gasteiger partial charge in [-0.3, -0.25) is 0 Å². The van der Waals surface area contributed by atoms with Crippen LogP contribution in [0.4, 0.5) is 0 Å². The Hall–Kier alpha value is -0.340. The van der Waals surface area contributed by atoms with Gasteiger partial charge in [0.25, 0.3) is 0 Å². The average molecular weight is 179 g/mol. The number of aromatic nitrogens is 2. The van der Waals surface area contributed by atoms with Crippen molar-refractivity contribution in [3.63, 3.8) is 0 Å². The van der Waals surface area contributed by atoms with Gasteiger partial charge in [-0.15, -0.1) is 12.4 Å². The molecule has 1 aromatic heterocycles. The number of hydrogen-bond donors (Lipinski definition) is 0. The summed E-state index contributed by atoms with van der Waals surface area (Å²) in [6, 6.07) is 0. The minimum absolute atomic E-state index is 0. The predicted octanol–water partition coefficient (Wildman–Crippen LogP) is 2.11. The lowest BCUT2D eigenvalue weighted by Gasteiger charge is -1.91. The molecule has 0 aromatic carbocycles. The molecule has 0 aliphatic carbocycles. The van der Waals surface area contributed by atoms with Crippen molar-refractivity contribution in [3.05, 3.63) is 23.2 Å². The first kappa shape index (κ1) is 9.66. The lowest BCUT2D eigenvalue weighted by Crippen LogP contribution is -1.85. The zero-order valence-corrected chi connectivity index (χ0v) is 7.11. The number of nitrogens with zero attached hydrogens (tertiary/aromatic N) is 2. The van der Waals surface area contributed by atoms with Crippen molar-refractivity contribution < 1.29 is 0 Å². The van der Waals surface area contributed by atoms with Crippen LogP contribution < -0.4 is 0 Å². The van der Waals surface area contributed by atoms with Gasteiger partial charge in [-0.05, 0) is 23.6 Å². The largest absolute Gasteiger partial charge is 0.226 e. The molecule has 0 aliphatic heterocycles. The summed E-state index contributed by atoms with van der Waals surface area (Å²) in [5.74, 6) is 0. The fraction of sp³-hybridized carbons (Fsp3) is 0.333. The molecule has 0 aliphatic rings. The van der Waals surface area contributed by atoms with Crippen molar-refractivity contribution in [2.45, 2.75) is 13.3 Å². The van der Waals surface area contributed by atoms with E-state index >= 15 is 0 Å². The highest BCUT2D eigenvalue weighted by atomic mass is 35.5. The fourth-order valence-electron chi connectivity index (χ4n) is 0.522. The summed E-state index contributed by atoms with van der Waals surface area (Å²) in [6.07, 6.45) is 4.42. The highest BCUT2D eigenvalue weighted by Gasteiger charge is 1.89. The van der Waals surface area contributed by atoms with Gasteiger partial charge in [0.2, 0.25) is 5.28 Å². The second-order valence-corrected chi connectivity index (χ2v) is 2.05. The van der Waals surface area contributed by atoms with Crippen molar-refractivity contribution >= 4 is 24.0 Å². The van der Waals surface area contributed by atoms with Crippen molar-refractivity contribution in [3.8, 4) is 0 Å². The van der Waals surface area contributed by atoms with Crippen LogP contribution in [-0.4, -0.2) is 9.97 Å². The topological polar surface area (TPSA) is 25.8 Å². The van der Waals surface area contributed by atoms with Crippen molar-refractivity contribution in [2.75, 3.05) is 0 Å². The summed E-state index contributed by atoms with van der Waals surface area (Å²) in [4.78, 5) is 7.61. The molecule has 1 rings (SSSR count). The third-order valence-electron chi connectivity index (χ3n) is 1.08. The van der Waals surface area contributed by atoms with Gasteiger partial charge in [-0.1, -0.05) is 6.92 Å². The molecule has 0 amide bonds. The summed E-state index contributed by atoms with van der Waals surface area (Å²) in [6.45, 7) is 2.05. The summed E-state index contributed by atoms with van der Waals surface area (Å²) >= 11 is 5.45. The van der Waals surface area contributed by atoms with Crippen LogP contribution in [-0.2, 0) is 6.42 Å². The van der Waals surface area contributed by atoms with Gasteiger partial charge in [0.15, 0.2) is 0 Å². The summed E-state index contributed by atoms with van der Waals surface area (Å²) in [5, 5.41) is 0.312. The quantitative estimate of drug-likeness (QED) is 0.617. The summed E-state index contributed by atoms with van der Waals surface area (Å²) in [5.41, 5.74) is 1.11. The normalized spacial score (nSPS) is 8.60. The molecule has 2 nitrogen and oxygen atoms in total. The Bertz CT molecular complexity index is 185. The van der Waals surface area contributed by atoms with Gasteiger partial charge in [0.05, 0.1) is 0 Å². The second-order valence-electron chi connectivity index (χ2n) is 1.71. The zero-order valence-electron chi connectivity index (χ0n) is 5.54. The maximum Gasteiger partial charge on any atom is 0.222 e. The van der Waals surface area contributed by atoms with Crippen LogP contribution in [0.2, 0.25) is 5.28 Å². The van der Waals surface area contributed by atoms with Gasteiger partial charge in [0.1, 0.15) is 0 Å². The first-order valence-corrected chi connectivity index (χ1v) is 3.17. The Morgan fingerprint density at radius 2 is 1.90 bits per heavy atom. The van der Waals surface area contributed by atoms with Gasteiger partial charge in [-0.2, -0.15) is 0 Å². The van der Waals surface area contributed by atoms with Crippen LogP contribution in [0.1, 0.15) is 12.5 Å². The van der Waals surface area contributed by atoms with Crippen LogP contribution in [0.5, 0.6) is 0 Å². The molecule has 0 atom stereocenters. The first-order chi connectivity index (χ1) is 4.33. The summed E-state index contributed by atoms with van der Waals surface area (Å²) in [7, 11) is 0. The maximum absolute atomic E-state index is 5.45. The van der Waals surface area contributed by atoms with E-state index in [4.69, 9.17) is 11.6 Å². The highest BCUT2D eigenvalue weighted by Crippen LogP contribution is 1.99. The SMILES string of the molecule is CCc1cnc(Cl)nc1.Cl. The maximum atomic E-state index is 5.45. The molecule has 0 radical (unpaired) electrons. The molecule has 0 fully saturated rings. The number of rotatable bonds is 1. The molecule has 10 heavy (non-hydrogen) atoms. The Morgan fingerprint density at radius 3 is 2.30 bits per heavy atom. The molecule has 0 unspecified atom stereocenters. The fourth-order valence-corrected chi connectivity index (χ4v) is 0.619. The van der Waals surface area contributed by atoms with E-state index in [1.807, 2.05) is 6.92 Å². The third-order valence-corrected chi connectivity index (χ3v) is 1.28. The predicted molar refractivity (Wildman–Crippen MR) is 43.7 cm³/mol. The van der Waals surface area contributed by atoms with Crippen LogP contribution in [0, 0.1) is 0 Å². The third kappa shape index (κ3) is 2.50. The molecule has 0 N–H and O–H groups in total. The van der Waals surface area contributed by atoms with Crippen LogP contribution in [0.3, 0.4) is 0 Å². The standard InChI is InChI=1S/C6H7ClN2.ClH/c1-2-5-3-8-6(7)9-4-5;/h3-4H,2H2,1H3;1H. The molecule has 4 heteroatoms. The van der Waals surface area contributed by atoms with E-state index in [1.54, 1.807) is 12.4 Å². The average Bonchev–Trinajstić information content (AvgIpc) is 1.90. The van der Waals surface area contributed by atoms with Crippen molar-refractivity contribution in [2.24, 2.45) is 0 Å². The van der Waals surface area contributed by atoms with E-state index in [-0.39, 0.29) is 12.4 Å². The van der Waals surface area contributed by atoms with Crippen LogP contribution in [0.25, 0.3) is 0 Å². The lowest BCUT2D eigenvalue weighted by molar-refractivity contribution is 1.04. The molecule has 0 bridgehead atoms. The number of aryl methyl sites for hydroxylation is 1.